The number of nitrogens with zero attached hydrogens (tertiary/aromatic N) is 4. The van der Waals surface area contributed by atoms with Crippen LogP contribution in [-0.2, 0) is 6.54 Å². The standard InChI is InChI=1S/C32H41N5O4/c1-34(2)16-15-33-23-11-12-24(28-27(23)31(40)29-25(38)13-14-26(39)30(29)32(28)41)37(19-17-35(3)4)20-18-36(5)21-22-9-7-6-8-10-22/h6-14,33,38-39H,15-21H2,1-5H3. The smallest absolute Gasteiger partial charge is 0.200 e. The van der Waals surface area contributed by atoms with E-state index in [0.29, 0.717) is 31.0 Å². The summed E-state index contributed by atoms with van der Waals surface area (Å²) in [5, 5.41) is 24.6. The van der Waals surface area contributed by atoms with E-state index in [-0.39, 0.29) is 33.8 Å². The normalized spacial score (nSPS) is 12.7. The topological polar surface area (TPSA) is 99.6 Å². The molecule has 9 heteroatoms. The lowest BCUT2D eigenvalue weighted by Gasteiger charge is -2.33. The molecule has 0 bridgehead atoms. The highest BCUT2D eigenvalue weighted by Crippen LogP contribution is 2.43. The first kappa shape index (κ1) is 30.0. The summed E-state index contributed by atoms with van der Waals surface area (Å²) in [6, 6.07) is 16.5. The van der Waals surface area contributed by atoms with Gasteiger partial charge in [-0.1, -0.05) is 30.3 Å². The third-order valence-electron chi connectivity index (χ3n) is 7.33. The van der Waals surface area contributed by atoms with Crippen molar-refractivity contribution < 1.29 is 19.8 Å². The van der Waals surface area contributed by atoms with Crippen LogP contribution in [-0.4, -0.2) is 111 Å². The van der Waals surface area contributed by atoms with Crippen LogP contribution < -0.4 is 10.2 Å². The number of ketones is 2. The maximum absolute atomic E-state index is 14.1. The Morgan fingerprint density at radius 1 is 0.634 bits per heavy atom. The number of hydrogen-bond acceptors (Lipinski definition) is 9. The molecule has 0 amide bonds. The quantitative estimate of drug-likeness (QED) is 0.213. The van der Waals surface area contributed by atoms with Crippen molar-refractivity contribution in [2.75, 3.05) is 84.7 Å². The number of rotatable bonds is 13. The minimum absolute atomic E-state index is 0.150. The van der Waals surface area contributed by atoms with Crippen molar-refractivity contribution in [3.05, 3.63) is 82.4 Å². The molecule has 3 aromatic carbocycles. The van der Waals surface area contributed by atoms with Crippen LogP contribution in [0.2, 0.25) is 0 Å². The average Bonchev–Trinajstić information content (AvgIpc) is 2.93. The molecule has 41 heavy (non-hydrogen) atoms. The van der Waals surface area contributed by atoms with E-state index in [1.54, 1.807) is 0 Å². The number of phenolic OH excluding ortho intramolecular Hbond substituents is 2. The van der Waals surface area contributed by atoms with Crippen molar-refractivity contribution in [2.45, 2.75) is 6.54 Å². The Balaban J connectivity index is 1.75. The number of nitrogens with one attached hydrogen (secondary N) is 1. The van der Waals surface area contributed by atoms with Gasteiger partial charge in [-0.2, -0.15) is 0 Å². The van der Waals surface area contributed by atoms with Crippen molar-refractivity contribution in [3.63, 3.8) is 0 Å². The van der Waals surface area contributed by atoms with Crippen molar-refractivity contribution in [2.24, 2.45) is 0 Å². The maximum Gasteiger partial charge on any atom is 0.200 e. The highest BCUT2D eigenvalue weighted by molar-refractivity contribution is 6.33. The number of aromatic hydroxyl groups is 2. The van der Waals surface area contributed by atoms with E-state index in [1.165, 1.54) is 17.7 Å². The molecule has 0 saturated carbocycles. The number of carbonyl (C=O) groups is 2. The molecule has 0 spiro atoms. The van der Waals surface area contributed by atoms with Gasteiger partial charge < -0.3 is 35.1 Å². The van der Waals surface area contributed by atoms with Gasteiger partial charge >= 0.3 is 0 Å². The zero-order chi connectivity index (χ0) is 29.7. The minimum atomic E-state index is -0.481. The van der Waals surface area contributed by atoms with Crippen LogP contribution in [0.1, 0.15) is 37.4 Å². The summed E-state index contributed by atoms with van der Waals surface area (Å²) >= 11 is 0. The summed E-state index contributed by atoms with van der Waals surface area (Å²) in [5.41, 5.74) is 2.56. The SMILES string of the molecule is CN(C)CCNc1ccc(N(CCN(C)C)CCN(C)Cc2ccccc2)c2c1C(=O)c1c(O)ccc(O)c1C2=O. The van der Waals surface area contributed by atoms with E-state index in [9.17, 15) is 19.8 Å². The van der Waals surface area contributed by atoms with Gasteiger partial charge in [-0.05, 0) is 65.1 Å². The summed E-state index contributed by atoms with van der Waals surface area (Å²) in [5.74, 6) is -1.59. The highest BCUT2D eigenvalue weighted by Gasteiger charge is 2.38. The molecule has 0 saturated heterocycles. The summed E-state index contributed by atoms with van der Waals surface area (Å²) in [6.45, 7) is 4.80. The van der Waals surface area contributed by atoms with E-state index in [0.717, 1.165) is 26.2 Å². The number of benzene rings is 3. The summed E-state index contributed by atoms with van der Waals surface area (Å²) in [4.78, 5) is 36.5. The molecule has 1 aliphatic rings. The molecular weight excluding hydrogens is 518 g/mol. The van der Waals surface area contributed by atoms with Crippen molar-refractivity contribution in [1.82, 2.24) is 14.7 Å². The van der Waals surface area contributed by atoms with Crippen molar-refractivity contribution in [3.8, 4) is 11.5 Å². The Bertz CT molecular complexity index is 1390. The van der Waals surface area contributed by atoms with Crippen LogP contribution in [0.4, 0.5) is 11.4 Å². The molecule has 3 aromatic rings. The second-order valence-electron chi connectivity index (χ2n) is 11.1. The Kier molecular flexibility index (Phi) is 9.65. The number of anilines is 2. The zero-order valence-corrected chi connectivity index (χ0v) is 24.6. The Hall–Kier alpha value is -3.92. The zero-order valence-electron chi connectivity index (χ0n) is 24.6. The number of phenols is 2. The third-order valence-corrected chi connectivity index (χ3v) is 7.33. The number of carbonyl (C=O) groups excluding carboxylic acids is 2. The minimum Gasteiger partial charge on any atom is -0.507 e. The molecule has 0 aromatic heterocycles. The Labute approximate surface area is 242 Å². The summed E-state index contributed by atoms with van der Waals surface area (Å²) < 4.78 is 0. The molecule has 4 rings (SSSR count). The molecule has 1 aliphatic carbocycles. The number of fused-ring (bicyclic) bond motifs is 2. The molecular formula is C32H41N5O4. The summed E-state index contributed by atoms with van der Waals surface area (Å²) in [6.07, 6.45) is 0. The van der Waals surface area contributed by atoms with E-state index >= 15 is 0 Å². The fourth-order valence-corrected chi connectivity index (χ4v) is 5.11. The summed E-state index contributed by atoms with van der Waals surface area (Å²) in [7, 11) is 9.99. The fraction of sp³-hybridized carbons (Fsp3) is 0.375. The predicted octanol–water partition coefficient (Wildman–Crippen LogP) is 3.35. The van der Waals surface area contributed by atoms with Crippen LogP contribution in [0.5, 0.6) is 11.5 Å². The molecule has 0 fully saturated rings. The molecule has 0 radical (unpaired) electrons. The Morgan fingerprint density at radius 3 is 1.83 bits per heavy atom. The van der Waals surface area contributed by atoms with Gasteiger partial charge in [0.15, 0.2) is 0 Å². The average molecular weight is 560 g/mol. The molecule has 0 atom stereocenters. The van der Waals surface area contributed by atoms with E-state index in [2.05, 4.69) is 39.2 Å². The number of likely N-dealkylation sites (N-methyl/N-ethyl adjacent to an activating group) is 3. The lowest BCUT2D eigenvalue weighted by Crippen LogP contribution is -2.39. The maximum atomic E-state index is 14.1. The molecule has 0 unspecified atom stereocenters. The van der Waals surface area contributed by atoms with Gasteiger partial charge in [-0.3, -0.25) is 9.59 Å². The molecule has 218 valence electrons. The van der Waals surface area contributed by atoms with Gasteiger partial charge in [-0.25, -0.2) is 0 Å². The molecule has 3 N–H and O–H groups in total. The molecule has 0 heterocycles. The van der Waals surface area contributed by atoms with Crippen molar-refractivity contribution >= 4 is 22.9 Å². The Morgan fingerprint density at radius 2 is 1.22 bits per heavy atom. The van der Waals surface area contributed by atoms with Gasteiger partial charge in [0, 0.05) is 57.2 Å². The van der Waals surface area contributed by atoms with Crippen LogP contribution in [0.3, 0.4) is 0 Å². The lowest BCUT2D eigenvalue weighted by atomic mass is 9.81. The van der Waals surface area contributed by atoms with E-state index in [4.69, 9.17) is 0 Å². The van der Waals surface area contributed by atoms with Gasteiger partial charge in [0.2, 0.25) is 11.6 Å². The van der Waals surface area contributed by atoms with Gasteiger partial charge in [0.05, 0.1) is 22.3 Å². The van der Waals surface area contributed by atoms with E-state index in [1.807, 2.05) is 63.4 Å². The third kappa shape index (κ3) is 6.87. The fourth-order valence-electron chi connectivity index (χ4n) is 5.11. The lowest BCUT2D eigenvalue weighted by molar-refractivity contribution is 0.0975. The monoisotopic (exact) mass is 559 g/mol. The highest BCUT2D eigenvalue weighted by atomic mass is 16.3. The molecule has 0 aliphatic heterocycles. The van der Waals surface area contributed by atoms with Crippen LogP contribution >= 0.6 is 0 Å². The first-order valence-electron chi connectivity index (χ1n) is 13.9. The largest absolute Gasteiger partial charge is 0.507 e. The predicted molar refractivity (Wildman–Crippen MR) is 164 cm³/mol. The van der Waals surface area contributed by atoms with Gasteiger partial charge in [0.25, 0.3) is 0 Å². The van der Waals surface area contributed by atoms with Gasteiger partial charge in [0.1, 0.15) is 11.5 Å². The van der Waals surface area contributed by atoms with Crippen molar-refractivity contribution in [1.29, 1.82) is 0 Å². The van der Waals surface area contributed by atoms with Crippen LogP contribution in [0, 0.1) is 0 Å². The number of hydrogen-bond donors (Lipinski definition) is 3. The van der Waals surface area contributed by atoms with Crippen LogP contribution in [0.25, 0.3) is 0 Å². The van der Waals surface area contributed by atoms with Gasteiger partial charge in [-0.15, -0.1) is 0 Å². The second-order valence-corrected chi connectivity index (χ2v) is 11.1. The van der Waals surface area contributed by atoms with Crippen LogP contribution in [0.15, 0.2) is 54.6 Å². The second kappa shape index (κ2) is 13.2. The van der Waals surface area contributed by atoms with E-state index < -0.39 is 11.6 Å². The first-order valence-corrected chi connectivity index (χ1v) is 13.9. The molecule has 9 nitrogen and oxygen atoms in total. The first-order chi connectivity index (χ1) is 19.6.